The predicted octanol–water partition coefficient (Wildman–Crippen LogP) is 2.57. The molecule has 2 aromatic rings. The number of hydrogen-bond donors (Lipinski definition) is 2. The number of hydrogen-bond acceptors (Lipinski definition) is 4. The zero-order valence-corrected chi connectivity index (χ0v) is 17.7. The summed E-state index contributed by atoms with van der Waals surface area (Å²) in [6, 6.07) is 6.93. The Morgan fingerprint density at radius 3 is 2.55 bits per heavy atom. The van der Waals surface area contributed by atoms with Crippen LogP contribution in [0, 0.1) is 5.82 Å². The molecule has 1 fully saturated rings. The van der Waals surface area contributed by atoms with E-state index < -0.39 is 17.3 Å². The molecule has 2 aliphatic rings. The maximum absolute atomic E-state index is 13.2. The van der Waals surface area contributed by atoms with Gasteiger partial charge in [0.15, 0.2) is 5.69 Å². The van der Waals surface area contributed by atoms with Crippen LogP contribution in [0.2, 0.25) is 0 Å². The van der Waals surface area contributed by atoms with Gasteiger partial charge in [0.2, 0.25) is 5.91 Å². The van der Waals surface area contributed by atoms with Crippen molar-refractivity contribution in [2.75, 3.05) is 11.9 Å². The second-order valence-corrected chi connectivity index (χ2v) is 8.31. The number of benzene rings is 1. The average molecular weight is 427 g/mol. The highest BCUT2D eigenvalue weighted by Crippen LogP contribution is 2.28. The average Bonchev–Trinajstić information content (AvgIpc) is 3.40. The molecule has 0 bridgehead atoms. The highest BCUT2D eigenvalue weighted by atomic mass is 19.1. The summed E-state index contributed by atoms with van der Waals surface area (Å²) in [6.45, 7) is 4.08. The molecule has 1 aliphatic carbocycles. The highest BCUT2D eigenvalue weighted by Gasteiger charge is 2.48. The van der Waals surface area contributed by atoms with Gasteiger partial charge in [0.1, 0.15) is 17.1 Å². The second kappa shape index (κ2) is 8.13. The lowest BCUT2D eigenvalue weighted by atomic mass is 9.94. The molecule has 8 nitrogen and oxygen atoms in total. The summed E-state index contributed by atoms with van der Waals surface area (Å²) < 4.78 is 14.5. The van der Waals surface area contributed by atoms with E-state index in [-0.39, 0.29) is 35.8 Å². The van der Waals surface area contributed by atoms with Crippen molar-refractivity contribution in [1.82, 2.24) is 20.0 Å². The van der Waals surface area contributed by atoms with Gasteiger partial charge in [-0.1, -0.05) is 12.8 Å². The molecule has 0 unspecified atom stereocenters. The number of amides is 3. The van der Waals surface area contributed by atoms with Crippen LogP contribution in [0.1, 0.15) is 60.5 Å². The van der Waals surface area contributed by atoms with Crippen molar-refractivity contribution in [3.05, 3.63) is 47.5 Å². The van der Waals surface area contributed by atoms with Gasteiger partial charge < -0.3 is 15.5 Å². The van der Waals surface area contributed by atoms with Gasteiger partial charge in [-0.05, 0) is 51.0 Å². The van der Waals surface area contributed by atoms with Gasteiger partial charge in [-0.3, -0.25) is 19.1 Å². The Morgan fingerprint density at radius 1 is 1.23 bits per heavy atom. The van der Waals surface area contributed by atoms with Crippen LogP contribution in [-0.4, -0.2) is 50.5 Å². The Morgan fingerprint density at radius 2 is 1.90 bits per heavy atom. The standard InChI is InChI=1S/C22H26FN5O3/c1-3-27-20(30)18-12-17(19(29)24-16-10-8-14(23)9-11-16)26-28(18)13-22(27,2)21(31)25-15-6-4-5-7-15/h8-12,15H,3-7,13H2,1-2H3,(H,24,29)(H,25,31)/t22-/m1/s1. The SMILES string of the molecule is CCN1C(=O)c2cc(C(=O)Nc3ccc(F)cc3)nn2C[C@]1(C)C(=O)NC1CCCC1. The van der Waals surface area contributed by atoms with Crippen LogP contribution in [0.25, 0.3) is 0 Å². The first-order valence-electron chi connectivity index (χ1n) is 10.6. The lowest BCUT2D eigenvalue weighted by Gasteiger charge is -2.43. The molecule has 1 aliphatic heterocycles. The summed E-state index contributed by atoms with van der Waals surface area (Å²) in [5.74, 6) is -1.46. The van der Waals surface area contributed by atoms with Crippen molar-refractivity contribution in [3.8, 4) is 0 Å². The van der Waals surface area contributed by atoms with Crippen LogP contribution in [0.3, 0.4) is 0 Å². The minimum Gasteiger partial charge on any atom is -0.351 e. The van der Waals surface area contributed by atoms with Gasteiger partial charge in [0, 0.05) is 24.3 Å². The zero-order valence-electron chi connectivity index (χ0n) is 17.7. The number of likely N-dealkylation sites (N-methyl/N-ethyl adjacent to an activating group) is 1. The molecule has 3 amide bonds. The molecule has 2 heterocycles. The number of rotatable bonds is 5. The van der Waals surface area contributed by atoms with Crippen LogP contribution in [-0.2, 0) is 11.3 Å². The maximum Gasteiger partial charge on any atom is 0.276 e. The molecule has 0 radical (unpaired) electrons. The Bertz CT molecular complexity index is 1010. The van der Waals surface area contributed by atoms with E-state index in [2.05, 4.69) is 15.7 Å². The van der Waals surface area contributed by atoms with E-state index in [0.717, 1.165) is 25.7 Å². The monoisotopic (exact) mass is 427 g/mol. The Labute approximate surface area is 179 Å². The Kier molecular flexibility index (Phi) is 5.51. The topological polar surface area (TPSA) is 96.3 Å². The summed E-state index contributed by atoms with van der Waals surface area (Å²) in [5.41, 5.74) is -0.362. The summed E-state index contributed by atoms with van der Waals surface area (Å²) in [6.07, 6.45) is 4.08. The van der Waals surface area contributed by atoms with Crippen LogP contribution in [0.15, 0.2) is 30.3 Å². The van der Waals surface area contributed by atoms with Crippen molar-refractivity contribution < 1.29 is 18.8 Å². The molecule has 164 valence electrons. The van der Waals surface area contributed by atoms with E-state index in [4.69, 9.17) is 0 Å². The summed E-state index contributed by atoms with van der Waals surface area (Å²) in [7, 11) is 0. The molecule has 4 rings (SSSR count). The fourth-order valence-corrected chi connectivity index (χ4v) is 4.39. The summed E-state index contributed by atoms with van der Waals surface area (Å²) >= 11 is 0. The normalized spacial score (nSPS) is 21.1. The number of nitrogens with zero attached hydrogens (tertiary/aromatic N) is 3. The first-order chi connectivity index (χ1) is 14.8. The lowest BCUT2D eigenvalue weighted by molar-refractivity contribution is -0.133. The van der Waals surface area contributed by atoms with E-state index in [1.54, 1.807) is 6.92 Å². The number of nitrogens with one attached hydrogen (secondary N) is 2. The van der Waals surface area contributed by atoms with Crippen LogP contribution >= 0.6 is 0 Å². The molecule has 2 N–H and O–H groups in total. The molecule has 0 saturated heterocycles. The van der Waals surface area contributed by atoms with Crippen molar-refractivity contribution in [2.45, 2.75) is 57.7 Å². The molecule has 1 aromatic carbocycles. The predicted molar refractivity (Wildman–Crippen MR) is 112 cm³/mol. The van der Waals surface area contributed by atoms with E-state index >= 15 is 0 Å². The molecule has 9 heteroatoms. The highest BCUT2D eigenvalue weighted by molar-refractivity contribution is 6.05. The fraction of sp³-hybridized carbons (Fsp3) is 0.455. The number of fused-ring (bicyclic) bond motifs is 1. The summed E-state index contributed by atoms with van der Waals surface area (Å²) in [5, 5.41) is 10.0. The van der Waals surface area contributed by atoms with Crippen LogP contribution < -0.4 is 10.6 Å². The van der Waals surface area contributed by atoms with Crippen LogP contribution in [0.5, 0.6) is 0 Å². The largest absolute Gasteiger partial charge is 0.351 e. The third-order valence-electron chi connectivity index (χ3n) is 6.13. The molecule has 1 saturated carbocycles. The second-order valence-electron chi connectivity index (χ2n) is 8.31. The van der Waals surface area contributed by atoms with Gasteiger partial charge >= 0.3 is 0 Å². The van der Waals surface area contributed by atoms with Crippen LogP contribution in [0.4, 0.5) is 10.1 Å². The number of carbonyl (C=O) groups is 3. The maximum atomic E-state index is 13.2. The summed E-state index contributed by atoms with van der Waals surface area (Å²) in [4.78, 5) is 40.5. The number of carbonyl (C=O) groups excluding carboxylic acids is 3. The van der Waals surface area contributed by atoms with Crippen molar-refractivity contribution >= 4 is 23.4 Å². The molecular weight excluding hydrogens is 401 g/mol. The number of halogens is 1. The van der Waals surface area contributed by atoms with Gasteiger partial charge in [0.05, 0.1) is 6.54 Å². The van der Waals surface area contributed by atoms with E-state index in [1.165, 1.54) is 39.9 Å². The third kappa shape index (κ3) is 3.92. The minimum absolute atomic E-state index is 0.0594. The molecular formula is C22H26FN5O3. The van der Waals surface area contributed by atoms with Crippen molar-refractivity contribution in [1.29, 1.82) is 0 Å². The van der Waals surface area contributed by atoms with Gasteiger partial charge in [-0.2, -0.15) is 5.10 Å². The Hall–Kier alpha value is -3.23. The van der Waals surface area contributed by atoms with E-state index in [1.807, 2.05) is 6.92 Å². The lowest BCUT2D eigenvalue weighted by Crippen LogP contribution is -2.64. The first-order valence-corrected chi connectivity index (χ1v) is 10.6. The number of aromatic nitrogens is 2. The van der Waals surface area contributed by atoms with Gasteiger partial charge in [-0.25, -0.2) is 4.39 Å². The molecule has 1 aromatic heterocycles. The van der Waals surface area contributed by atoms with E-state index in [9.17, 15) is 18.8 Å². The number of anilines is 1. The first kappa shape index (κ1) is 21.0. The zero-order chi connectivity index (χ0) is 22.2. The van der Waals surface area contributed by atoms with Crippen molar-refractivity contribution in [3.63, 3.8) is 0 Å². The van der Waals surface area contributed by atoms with Crippen molar-refractivity contribution in [2.24, 2.45) is 0 Å². The van der Waals surface area contributed by atoms with Gasteiger partial charge in [-0.15, -0.1) is 0 Å². The van der Waals surface area contributed by atoms with Gasteiger partial charge in [0.25, 0.3) is 11.8 Å². The quantitative estimate of drug-likeness (QED) is 0.767. The molecule has 31 heavy (non-hydrogen) atoms. The fourth-order valence-electron chi connectivity index (χ4n) is 4.39. The molecule has 1 atom stereocenters. The molecule has 0 spiro atoms. The third-order valence-corrected chi connectivity index (χ3v) is 6.13. The Balaban J connectivity index is 1.57. The van der Waals surface area contributed by atoms with E-state index in [0.29, 0.717) is 12.2 Å². The minimum atomic E-state index is -1.10. The smallest absolute Gasteiger partial charge is 0.276 e.